The van der Waals surface area contributed by atoms with Gasteiger partial charge in [-0.25, -0.2) is 4.98 Å². The molecule has 3 heteroatoms. The highest BCUT2D eigenvalue weighted by molar-refractivity contribution is 5.32. The average molecular weight is 283 g/mol. The normalized spacial score (nSPS) is 17.3. The first kappa shape index (κ1) is 14.3. The van der Waals surface area contributed by atoms with Crippen LogP contribution in [0, 0.1) is 6.92 Å². The monoisotopic (exact) mass is 283 g/mol. The smallest absolute Gasteiger partial charge is 0.0957 e. The molecule has 2 atom stereocenters. The van der Waals surface area contributed by atoms with E-state index in [9.17, 15) is 0 Å². The third-order valence-corrected chi connectivity index (χ3v) is 4.74. The van der Waals surface area contributed by atoms with E-state index in [1.54, 1.807) is 0 Å². The van der Waals surface area contributed by atoms with Gasteiger partial charge in [0.15, 0.2) is 0 Å². The van der Waals surface area contributed by atoms with E-state index in [1.165, 1.54) is 35.4 Å². The van der Waals surface area contributed by atoms with Gasteiger partial charge in [0.05, 0.1) is 18.1 Å². The van der Waals surface area contributed by atoms with E-state index in [1.807, 2.05) is 6.33 Å². The molecule has 2 unspecified atom stereocenters. The summed E-state index contributed by atoms with van der Waals surface area (Å²) in [6.45, 7) is 4.34. The van der Waals surface area contributed by atoms with Crippen LogP contribution in [0.15, 0.2) is 30.6 Å². The van der Waals surface area contributed by atoms with Crippen LogP contribution in [0.3, 0.4) is 0 Å². The summed E-state index contributed by atoms with van der Waals surface area (Å²) in [7, 11) is 0. The molecule has 1 aromatic carbocycles. The number of aromatic nitrogens is 2. The fourth-order valence-electron chi connectivity index (χ4n) is 3.46. The van der Waals surface area contributed by atoms with Crippen LogP contribution in [0.1, 0.15) is 54.7 Å². The van der Waals surface area contributed by atoms with E-state index in [0.29, 0.717) is 0 Å². The van der Waals surface area contributed by atoms with Crippen molar-refractivity contribution in [2.75, 3.05) is 0 Å². The van der Waals surface area contributed by atoms with Crippen LogP contribution in [0.4, 0.5) is 0 Å². The third kappa shape index (κ3) is 2.62. The van der Waals surface area contributed by atoms with Crippen molar-refractivity contribution in [2.45, 2.75) is 58.0 Å². The van der Waals surface area contributed by atoms with Crippen molar-refractivity contribution in [1.82, 2.24) is 9.55 Å². The Morgan fingerprint density at radius 2 is 2.00 bits per heavy atom. The van der Waals surface area contributed by atoms with Gasteiger partial charge in [-0.15, -0.1) is 0 Å². The van der Waals surface area contributed by atoms with Crippen LogP contribution in [-0.4, -0.2) is 15.6 Å². The van der Waals surface area contributed by atoms with E-state index >= 15 is 0 Å². The highest BCUT2D eigenvalue weighted by Gasteiger charge is 2.26. The largest absolute Gasteiger partial charge is 0.326 e. The van der Waals surface area contributed by atoms with Crippen molar-refractivity contribution in [1.29, 1.82) is 0 Å². The molecule has 0 radical (unpaired) electrons. The van der Waals surface area contributed by atoms with Crippen LogP contribution < -0.4 is 5.73 Å². The molecule has 2 aromatic rings. The van der Waals surface area contributed by atoms with Gasteiger partial charge in [0.1, 0.15) is 0 Å². The fraction of sp³-hybridized carbons (Fsp3) is 0.500. The highest BCUT2D eigenvalue weighted by atomic mass is 15.1. The Bertz CT molecular complexity index is 615. The molecule has 1 aliphatic carbocycles. The number of hydrogen-bond donors (Lipinski definition) is 1. The lowest BCUT2D eigenvalue weighted by atomic mass is 9.92. The molecule has 0 spiro atoms. The molecular formula is C18H25N3. The molecule has 0 saturated heterocycles. The molecular weight excluding hydrogens is 258 g/mol. The summed E-state index contributed by atoms with van der Waals surface area (Å²) in [5, 5.41) is 0. The van der Waals surface area contributed by atoms with Gasteiger partial charge in [0, 0.05) is 11.7 Å². The van der Waals surface area contributed by atoms with Gasteiger partial charge in [0.2, 0.25) is 0 Å². The van der Waals surface area contributed by atoms with Crippen LogP contribution in [0.25, 0.3) is 0 Å². The molecule has 21 heavy (non-hydrogen) atoms. The lowest BCUT2D eigenvalue weighted by Gasteiger charge is -2.29. The van der Waals surface area contributed by atoms with Crippen molar-refractivity contribution in [2.24, 2.45) is 5.73 Å². The molecule has 0 aliphatic heterocycles. The maximum atomic E-state index is 6.49. The molecule has 0 amide bonds. The summed E-state index contributed by atoms with van der Waals surface area (Å²) in [6.07, 6.45) is 7.76. The van der Waals surface area contributed by atoms with E-state index in [-0.39, 0.29) is 12.1 Å². The van der Waals surface area contributed by atoms with Gasteiger partial charge in [-0.2, -0.15) is 0 Å². The second kappa shape index (κ2) is 6.02. The number of benzene rings is 1. The van der Waals surface area contributed by atoms with Gasteiger partial charge in [-0.1, -0.05) is 31.2 Å². The number of nitrogens with zero attached hydrogens (tertiary/aromatic N) is 2. The molecule has 3 nitrogen and oxygen atoms in total. The minimum atomic E-state index is 0.117. The van der Waals surface area contributed by atoms with E-state index in [2.05, 4.69) is 47.7 Å². The Balaban J connectivity index is 2.08. The zero-order chi connectivity index (χ0) is 14.8. The molecule has 3 rings (SSSR count). The molecule has 1 aromatic heterocycles. The van der Waals surface area contributed by atoms with Gasteiger partial charge >= 0.3 is 0 Å². The maximum absolute atomic E-state index is 6.49. The summed E-state index contributed by atoms with van der Waals surface area (Å²) in [4.78, 5) is 4.66. The van der Waals surface area contributed by atoms with Crippen molar-refractivity contribution in [3.8, 4) is 0 Å². The van der Waals surface area contributed by atoms with Crippen molar-refractivity contribution in [3.63, 3.8) is 0 Å². The SMILES string of the molecule is CCC(N)C(c1ccccc1C)n1cnc2c1CCCC2. The van der Waals surface area contributed by atoms with Crippen LogP contribution in [0.5, 0.6) is 0 Å². The summed E-state index contributed by atoms with van der Waals surface area (Å²) in [6, 6.07) is 8.91. The molecule has 0 fully saturated rings. The first-order valence-corrected chi connectivity index (χ1v) is 8.08. The number of hydrogen-bond acceptors (Lipinski definition) is 2. The van der Waals surface area contributed by atoms with Gasteiger partial charge in [-0.05, 0) is 50.2 Å². The van der Waals surface area contributed by atoms with Crippen LogP contribution in [0.2, 0.25) is 0 Å². The Hall–Kier alpha value is -1.61. The third-order valence-electron chi connectivity index (χ3n) is 4.74. The summed E-state index contributed by atoms with van der Waals surface area (Å²) in [5.41, 5.74) is 11.8. The fourth-order valence-corrected chi connectivity index (χ4v) is 3.46. The first-order valence-electron chi connectivity index (χ1n) is 8.08. The molecule has 1 aliphatic rings. The zero-order valence-corrected chi connectivity index (χ0v) is 13.0. The Labute approximate surface area is 127 Å². The van der Waals surface area contributed by atoms with E-state index in [4.69, 9.17) is 5.73 Å². The Morgan fingerprint density at radius 1 is 1.24 bits per heavy atom. The number of aryl methyl sites for hydroxylation is 2. The highest BCUT2D eigenvalue weighted by Crippen LogP contribution is 2.30. The van der Waals surface area contributed by atoms with E-state index < -0.39 is 0 Å². The minimum Gasteiger partial charge on any atom is -0.326 e. The standard InChI is InChI=1S/C18H25N3/c1-3-15(19)18(14-9-5-4-8-13(14)2)21-12-20-16-10-6-7-11-17(16)21/h4-5,8-9,12,15,18H,3,6-7,10-11,19H2,1-2H3. The van der Waals surface area contributed by atoms with Gasteiger partial charge in [0.25, 0.3) is 0 Å². The van der Waals surface area contributed by atoms with Crippen molar-refractivity contribution in [3.05, 3.63) is 53.1 Å². The van der Waals surface area contributed by atoms with Crippen LogP contribution in [-0.2, 0) is 12.8 Å². The summed E-state index contributed by atoms with van der Waals surface area (Å²) in [5.74, 6) is 0. The number of imidazole rings is 1. The predicted octanol–water partition coefficient (Wildman–Crippen LogP) is 3.40. The molecule has 2 N–H and O–H groups in total. The number of fused-ring (bicyclic) bond motifs is 1. The molecule has 1 heterocycles. The van der Waals surface area contributed by atoms with E-state index in [0.717, 1.165) is 19.3 Å². The summed E-state index contributed by atoms with van der Waals surface area (Å²) < 4.78 is 2.35. The average Bonchev–Trinajstić information content (AvgIpc) is 2.93. The lowest BCUT2D eigenvalue weighted by Crippen LogP contribution is -2.33. The van der Waals surface area contributed by atoms with Crippen molar-refractivity contribution < 1.29 is 0 Å². The summed E-state index contributed by atoms with van der Waals surface area (Å²) >= 11 is 0. The van der Waals surface area contributed by atoms with Gasteiger partial charge < -0.3 is 10.3 Å². The van der Waals surface area contributed by atoms with Gasteiger partial charge in [-0.3, -0.25) is 0 Å². The first-order chi connectivity index (χ1) is 10.2. The zero-order valence-electron chi connectivity index (χ0n) is 13.0. The molecule has 112 valence electrons. The molecule has 0 saturated carbocycles. The topological polar surface area (TPSA) is 43.8 Å². The number of rotatable bonds is 4. The second-order valence-corrected chi connectivity index (χ2v) is 6.13. The lowest BCUT2D eigenvalue weighted by molar-refractivity contribution is 0.440. The Kier molecular flexibility index (Phi) is 4.11. The quantitative estimate of drug-likeness (QED) is 0.934. The minimum absolute atomic E-state index is 0.117. The second-order valence-electron chi connectivity index (χ2n) is 6.13. The number of nitrogens with two attached hydrogens (primary N) is 1. The maximum Gasteiger partial charge on any atom is 0.0957 e. The van der Waals surface area contributed by atoms with Crippen molar-refractivity contribution >= 4 is 0 Å². The Morgan fingerprint density at radius 3 is 2.76 bits per heavy atom. The molecule has 0 bridgehead atoms. The predicted molar refractivity (Wildman–Crippen MR) is 86.5 cm³/mol. The van der Waals surface area contributed by atoms with Crippen LogP contribution >= 0.6 is 0 Å².